The summed E-state index contributed by atoms with van der Waals surface area (Å²) in [5.41, 5.74) is 3.80. The standard InChI is InChI=1S/C22H30N4O2S/c1-6-15-12-17(19(27)11-14(15)4)21-23-24-22(29)26(21)16-9-10-20(28-5)18(13-16)25(7-2)8-3/h9-13,18,20,27H,6-8H2,1-5H3,(H,24,29). The highest BCUT2D eigenvalue weighted by Gasteiger charge is 2.27. The van der Waals surface area contributed by atoms with Crippen LogP contribution < -0.4 is 0 Å². The second-order valence-electron chi connectivity index (χ2n) is 7.17. The average molecular weight is 415 g/mol. The molecule has 0 spiro atoms. The van der Waals surface area contributed by atoms with Crippen molar-refractivity contribution in [2.45, 2.75) is 51.4 Å². The lowest BCUT2D eigenvalue weighted by molar-refractivity contribution is 0.0677. The minimum atomic E-state index is -0.0265. The fourth-order valence-electron chi connectivity index (χ4n) is 3.94. The number of hydrogen-bond donors (Lipinski definition) is 2. The van der Waals surface area contributed by atoms with Crippen LogP contribution >= 0.6 is 12.6 Å². The Kier molecular flexibility index (Phi) is 6.82. The van der Waals surface area contributed by atoms with Crippen LogP contribution in [0.5, 0.6) is 5.75 Å². The topological polar surface area (TPSA) is 63.4 Å². The van der Waals surface area contributed by atoms with Crippen molar-refractivity contribution in [3.63, 3.8) is 0 Å². The lowest BCUT2D eigenvalue weighted by Crippen LogP contribution is -2.43. The van der Waals surface area contributed by atoms with Crippen LogP contribution in [0.4, 0.5) is 0 Å². The summed E-state index contributed by atoms with van der Waals surface area (Å²) < 4.78 is 7.57. The molecule has 1 N–H and O–H groups in total. The number of aryl methyl sites for hydroxylation is 2. The van der Waals surface area contributed by atoms with Crippen molar-refractivity contribution >= 4 is 18.3 Å². The average Bonchev–Trinajstić information content (AvgIpc) is 3.10. The molecule has 1 aliphatic rings. The third kappa shape index (κ3) is 4.13. The molecule has 3 rings (SSSR count). The number of hydrogen-bond acceptors (Lipinski definition) is 6. The van der Waals surface area contributed by atoms with Gasteiger partial charge in [-0.25, -0.2) is 0 Å². The largest absolute Gasteiger partial charge is 0.507 e. The highest BCUT2D eigenvalue weighted by molar-refractivity contribution is 7.80. The Bertz CT molecular complexity index is 931. The van der Waals surface area contributed by atoms with E-state index in [2.05, 4.69) is 60.6 Å². The molecular weight excluding hydrogens is 384 g/mol. The van der Waals surface area contributed by atoms with Crippen molar-refractivity contribution in [1.82, 2.24) is 19.7 Å². The number of phenols is 1. The summed E-state index contributed by atoms with van der Waals surface area (Å²) in [7, 11) is 1.73. The number of aromatic nitrogens is 3. The summed E-state index contributed by atoms with van der Waals surface area (Å²) in [4.78, 5) is 2.35. The van der Waals surface area contributed by atoms with E-state index in [1.807, 2.05) is 23.6 Å². The normalized spacial score (nSPS) is 19.1. The Hall–Kier alpha value is -2.09. The second kappa shape index (κ2) is 9.15. The molecule has 6 nitrogen and oxygen atoms in total. The molecule has 0 amide bonds. The van der Waals surface area contributed by atoms with Gasteiger partial charge in [-0.3, -0.25) is 9.47 Å². The van der Waals surface area contributed by atoms with Gasteiger partial charge in [-0.15, -0.1) is 22.8 Å². The molecule has 2 unspecified atom stereocenters. The van der Waals surface area contributed by atoms with Gasteiger partial charge in [0.1, 0.15) is 5.75 Å². The van der Waals surface area contributed by atoms with Crippen molar-refractivity contribution in [3.05, 3.63) is 41.5 Å². The van der Waals surface area contributed by atoms with Crippen molar-refractivity contribution < 1.29 is 9.84 Å². The molecule has 0 bridgehead atoms. The summed E-state index contributed by atoms with van der Waals surface area (Å²) in [6.45, 7) is 10.2. The number of nitrogens with zero attached hydrogens (tertiary/aromatic N) is 4. The number of allylic oxidation sites excluding steroid dienone is 2. The van der Waals surface area contributed by atoms with Gasteiger partial charge < -0.3 is 9.84 Å². The molecule has 1 heterocycles. The van der Waals surface area contributed by atoms with Gasteiger partial charge in [-0.05, 0) is 61.8 Å². The predicted octanol–water partition coefficient (Wildman–Crippen LogP) is 3.95. The molecular formula is C22H30N4O2S. The maximum absolute atomic E-state index is 10.6. The monoisotopic (exact) mass is 414 g/mol. The smallest absolute Gasteiger partial charge is 0.193 e. The van der Waals surface area contributed by atoms with Gasteiger partial charge >= 0.3 is 0 Å². The molecule has 0 saturated heterocycles. The van der Waals surface area contributed by atoms with E-state index in [9.17, 15) is 5.11 Å². The molecule has 0 saturated carbocycles. The van der Waals surface area contributed by atoms with Gasteiger partial charge in [0.05, 0.1) is 17.7 Å². The number of rotatable bonds is 7. The van der Waals surface area contributed by atoms with E-state index >= 15 is 0 Å². The van der Waals surface area contributed by atoms with Crippen LogP contribution in [0.3, 0.4) is 0 Å². The highest BCUT2D eigenvalue weighted by Crippen LogP contribution is 2.35. The first-order chi connectivity index (χ1) is 13.9. The Labute approximate surface area is 178 Å². The van der Waals surface area contributed by atoms with Crippen molar-refractivity contribution in [1.29, 1.82) is 0 Å². The fraction of sp³-hybridized carbons (Fsp3) is 0.455. The quantitative estimate of drug-likeness (QED) is 0.672. The van der Waals surface area contributed by atoms with E-state index < -0.39 is 0 Å². The summed E-state index contributed by atoms with van der Waals surface area (Å²) >= 11 is 4.54. The highest BCUT2D eigenvalue weighted by atomic mass is 32.1. The van der Waals surface area contributed by atoms with Gasteiger partial charge in [0.25, 0.3) is 0 Å². The molecule has 2 atom stereocenters. The van der Waals surface area contributed by atoms with E-state index in [4.69, 9.17) is 4.74 Å². The molecule has 1 aromatic heterocycles. The second-order valence-corrected chi connectivity index (χ2v) is 7.57. The number of thiol groups is 1. The van der Waals surface area contributed by atoms with E-state index in [0.29, 0.717) is 16.5 Å². The van der Waals surface area contributed by atoms with Crippen LogP contribution in [0.2, 0.25) is 0 Å². The first-order valence-electron chi connectivity index (χ1n) is 10.1. The number of benzene rings is 1. The van der Waals surface area contributed by atoms with Crippen molar-refractivity contribution in [3.8, 4) is 17.1 Å². The zero-order valence-electron chi connectivity index (χ0n) is 17.8. The molecule has 1 aliphatic carbocycles. The Morgan fingerprint density at radius 1 is 1.21 bits per heavy atom. The third-order valence-electron chi connectivity index (χ3n) is 5.62. The first-order valence-corrected chi connectivity index (χ1v) is 10.5. The molecule has 0 fully saturated rings. The molecule has 29 heavy (non-hydrogen) atoms. The van der Waals surface area contributed by atoms with Crippen LogP contribution in [-0.4, -0.2) is 57.1 Å². The summed E-state index contributed by atoms with van der Waals surface area (Å²) in [6, 6.07) is 3.87. The van der Waals surface area contributed by atoms with E-state index in [1.165, 1.54) is 5.56 Å². The SMILES string of the molecule is CCc1cc(-c2nnc(S)n2C2=CC(N(CC)CC)C(OC)C=C2)c(O)cc1C. The maximum atomic E-state index is 10.6. The van der Waals surface area contributed by atoms with Crippen LogP contribution in [-0.2, 0) is 11.2 Å². The van der Waals surface area contributed by atoms with Gasteiger partial charge in [0.2, 0.25) is 0 Å². The summed E-state index contributed by atoms with van der Waals surface area (Å²) in [5.74, 6) is 0.768. The lowest BCUT2D eigenvalue weighted by atomic mass is 10.00. The zero-order chi connectivity index (χ0) is 21.1. The van der Waals surface area contributed by atoms with Crippen molar-refractivity contribution in [2.75, 3.05) is 20.2 Å². The number of ether oxygens (including phenoxy) is 1. The number of aromatic hydroxyl groups is 1. The van der Waals surface area contributed by atoms with Crippen LogP contribution in [0, 0.1) is 6.92 Å². The van der Waals surface area contributed by atoms with Gasteiger partial charge in [-0.2, -0.15) is 0 Å². The van der Waals surface area contributed by atoms with Gasteiger partial charge in [0.15, 0.2) is 11.0 Å². The lowest BCUT2D eigenvalue weighted by Gasteiger charge is -2.34. The minimum Gasteiger partial charge on any atom is -0.507 e. The number of methoxy groups -OCH3 is 1. The van der Waals surface area contributed by atoms with Crippen molar-refractivity contribution in [2.24, 2.45) is 0 Å². The molecule has 0 radical (unpaired) electrons. The molecule has 7 heteroatoms. The molecule has 156 valence electrons. The molecule has 0 aliphatic heterocycles. The third-order valence-corrected chi connectivity index (χ3v) is 5.91. The summed E-state index contributed by atoms with van der Waals surface area (Å²) in [6.07, 6.45) is 7.08. The Morgan fingerprint density at radius 2 is 1.93 bits per heavy atom. The first kappa shape index (κ1) is 21.6. The summed E-state index contributed by atoms with van der Waals surface area (Å²) in [5, 5.41) is 19.6. The number of phenolic OH excluding ortho intramolecular Hbond substituents is 1. The van der Waals surface area contributed by atoms with Gasteiger partial charge in [0, 0.05) is 12.8 Å². The Balaban J connectivity index is 2.12. The van der Waals surface area contributed by atoms with E-state index in [-0.39, 0.29) is 17.9 Å². The van der Waals surface area contributed by atoms with Crippen LogP contribution in [0.1, 0.15) is 31.9 Å². The fourth-order valence-corrected chi connectivity index (χ4v) is 4.20. The zero-order valence-corrected chi connectivity index (χ0v) is 18.6. The molecule has 1 aromatic carbocycles. The van der Waals surface area contributed by atoms with E-state index in [1.54, 1.807) is 13.2 Å². The number of likely N-dealkylation sites (N-methyl/N-ethyl adjacent to an activating group) is 1. The predicted molar refractivity (Wildman–Crippen MR) is 119 cm³/mol. The van der Waals surface area contributed by atoms with Crippen LogP contribution in [0.25, 0.3) is 17.1 Å². The van der Waals surface area contributed by atoms with Gasteiger partial charge in [-0.1, -0.05) is 26.8 Å². The minimum absolute atomic E-state index is 0.0265. The van der Waals surface area contributed by atoms with Crippen LogP contribution in [0.15, 0.2) is 35.5 Å². The Morgan fingerprint density at radius 3 is 2.55 bits per heavy atom. The molecule has 2 aromatic rings. The van der Waals surface area contributed by atoms with E-state index in [0.717, 1.165) is 30.8 Å². The maximum Gasteiger partial charge on any atom is 0.193 e.